The molecule has 0 bridgehead atoms. The van der Waals surface area contributed by atoms with Gasteiger partial charge in [-0.3, -0.25) is 19.6 Å². The van der Waals surface area contributed by atoms with E-state index >= 15 is 0 Å². The minimum absolute atomic E-state index is 0.0135. The molecule has 2 saturated heterocycles. The van der Waals surface area contributed by atoms with E-state index in [0.29, 0.717) is 43.1 Å². The second-order valence-electron chi connectivity index (χ2n) is 12.8. The van der Waals surface area contributed by atoms with Crippen LogP contribution in [0.2, 0.25) is 0 Å². The Hall–Kier alpha value is -4.26. The largest absolute Gasteiger partial charge is 0.493 e. The van der Waals surface area contributed by atoms with Gasteiger partial charge >= 0.3 is 12.1 Å². The van der Waals surface area contributed by atoms with Gasteiger partial charge in [0.15, 0.2) is 5.82 Å². The van der Waals surface area contributed by atoms with Crippen LogP contribution in [-0.4, -0.2) is 82.9 Å². The minimum Gasteiger partial charge on any atom is -0.493 e. The number of carboxylic acids is 1. The van der Waals surface area contributed by atoms with Gasteiger partial charge in [0.2, 0.25) is 0 Å². The Labute approximate surface area is 284 Å². The van der Waals surface area contributed by atoms with Gasteiger partial charge in [0.1, 0.15) is 11.3 Å². The number of hydrogen-bond donors (Lipinski definition) is 2. The van der Waals surface area contributed by atoms with Crippen LogP contribution < -0.4 is 10.1 Å². The van der Waals surface area contributed by atoms with Crippen molar-refractivity contribution in [3.05, 3.63) is 77.6 Å². The first-order chi connectivity index (χ1) is 23.7. The average Bonchev–Trinajstić information content (AvgIpc) is 3.08. The number of carboxylic acid groups (broad SMARTS) is 1. The molecule has 6 rings (SSSR count). The molecule has 260 valence electrons. The Bertz CT molecular complexity index is 1760. The smallest absolute Gasteiger partial charge is 0.419 e. The van der Waals surface area contributed by atoms with E-state index in [-0.39, 0.29) is 24.8 Å². The number of piperidine rings is 1. The molecule has 2 fully saturated rings. The van der Waals surface area contributed by atoms with E-state index in [1.165, 1.54) is 12.1 Å². The average molecular weight is 678 g/mol. The third-order valence-corrected chi connectivity index (χ3v) is 9.37. The van der Waals surface area contributed by atoms with Crippen LogP contribution in [0.25, 0.3) is 22.0 Å². The van der Waals surface area contributed by atoms with E-state index in [1.54, 1.807) is 6.20 Å². The van der Waals surface area contributed by atoms with Gasteiger partial charge in [-0.05, 0) is 85.3 Å². The van der Waals surface area contributed by atoms with Gasteiger partial charge in [-0.15, -0.1) is 0 Å². The molecule has 0 radical (unpaired) electrons. The van der Waals surface area contributed by atoms with Gasteiger partial charge in [0, 0.05) is 55.7 Å². The van der Waals surface area contributed by atoms with Crippen molar-refractivity contribution in [2.24, 2.45) is 0 Å². The Balaban J connectivity index is 1.20. The molecule has 9 nitrogen and oxygen atoms in total. The predicted molar refractivity (Wildman–Crippen MR) is 182 cm³/mol. The number of ether oxygens (including phenoxy) is 2. The van der Waals surface area contributed by atoms with Crippen LogP contribution in [0.15, 0.2) is 60.9 Å². The number of rotatable bonds is 12. The zero-order chi connectivity index (χ0) is 34.4. The molecule has 4 aromatic rings. The van der Waals surface area contributed by atoms with E-state index < -0.39 is 17.7 Å². The number of fused-ring (bicyclic) bond motifs is 1. The lowest BCUT2D eigenvalue weighted by atomic mass is 9.97. The summed E-state index contributed by atoms with van der Waals surface area (Å²) in [6.45, 7) is 7.27. The van der Waals surface area contributed by atoms with E-state index in [2.05, 4.69) is 26.2 Å². The molecule has 2 aromatic carbocycles. The lowest BCUT2D eigenvalue weighted by Gasteiger charge is -2.34. The third-order valence-electron chi connectivity index (χ3n) is 9.37. The lowest BCUT2D eigenvalue weighted by Crippen LogP contribution is -2.40. The number of pyridine rings is 2. The van der Waals surface area contributed by atoms with E-state index in [1.807, 2.05) is 37.4 Å². The Morgan fingerprint density at radius 1 is 1.08 bits per heavy atom. The van der Waals surface area contributed by atoms with Crippen LogP contribution in [0.5, 0.6) is 5.75 Å². The number of hydrogen-bond acceptors (Lipinski definition) is 8. The maximum atomic E-state index is 14.0. The SMILES string of the molecule is Cc1c(Nc2nccc3cc(CN4CCCCC4CC(=O)O)cnc23)cccc1-c1ccc(C(F)(F)F)c(OCCCN2CCOCC2)c1. The van der Waals surface area contributed by atoms with Crippen molar-refractivity contribution in [3.8, 4) is 16.9 Å². The molecule has 0 saturated carbocycles. The molecule has 2 aliphatic rings. The summed E-state index contributed by atoms with van der Waals surface area (Å²) in [6, 6.07) is 13.7. The maximum absolute atomic E-state index is 14.0. The highest BCUT2D eigenvalue weighted by molar-refractivity contribution is 5.91. The van der Waals surface area contributed by atoms with Crippen molar-refractivity contribution in [3.63, 3.8) is 0 Å². The first-order valence-electron chi connectivity index (χ1n) is 16.9. The van der Waals surface area contributed by atoms with Gasteiger partial charge in [0.05, 0.1) is 31.8 Å². The van der Waals surface area contributed by atoms with Gasteiger partial charge < -0.3 is 19.9 Å². The highest BCUT2D eigenvalue weighted by Gasteiger charge is 2.34. The monoisotopic (exact) mass is 677 g/mol. The standard InChI is InChI=1S/C37H42F3N5O4/c1-25-30(27-9-10-31(37(38,39)40)33(21-27)49-17-5-13-44-15-18-48-19-16-44)7-4-8-32(25)43-36-35-28(11-12-41-36)20-26(23-42-35)24-45-14-3-2-6-29(45)22-34(46)47/h4,7-12,20-21,23,29H,2-3,5-6,13-19,22,24H2,1H3,(H,41,43)(H,46,47). The molecule has 1 unspecified atom stereocenters. The molecule has 0 aliphatic carbocycles. The number of morpholine rings is 1. The fourth-order valence-corrected chi connectivity index (χ4v) is 6.77. The fraction of sp³-hybridized carbons (Fsp3) is 0.432. The number of alkyl halides is 3. The van der Waals surface area contributed by atoms with Gasteiger partial charge in [-0.2, -0.15) is 13.2 Å². The van der Waals surface area contributed by atoms with Crippen molar-refractivity contribution < 1.29 is 32.5 Å². The highest BCUT2D eigenvalue weighted by Crippen LogP contribution is 2.40. The Morgan fingerprint density at radius 2 is 1.92 bits per heavy atom. The summed E-state index contributed by atoms with van der Waals surface area (Å²) in [4.78, 5) is 25.2. The highest BCUT2D eigenvalue weighted by atomic mass is 19.4. The summed E-state index contributed by atoms with van der Waals surface area (Å²) in [5.41, 5.74) is 3.86. The number of likely N-dealkylation sites (tertiary alicyclic amines) is 1. The lowest BCUT2D eigenvalue weighted by molar-refractivity contribution is -0.139. The predicted octanol–water partition coefficient (Wildman–Crippen LogP) is 7.30. The van der Waals surface area contributed by atoms with E-state index in [4.69, 9.17) is 14.5 Å². The van der Waals surface area contributed by atoms with Crippen molar-refractivity contribution in [1.82, 2.24) is 19.8 Å². The first-order valence-corrected chi connectivity index (χ1v) is 16.9. The van der Waals surface area contributed by atoms with Crippen LogP contribution in [0.3, 0.4) is 0 Å². The molecule has 0 spiro atoms. The van der Waals surface area contributed by atoms with Crippen molar-refractivity contribution in [1.29, 1.82) is 0 Å². The van der Waals surface area contributed by atoms with Gasteiger partial charge in [-0.1, -0.05) is 24.6 Å². The Morgan fingerprint density at radius 3 is 2.71 bits per heavy atom. The van der Waals surface area contributed by atoms with Gasteiger partial charge in [-0.25, -0.2) is 4.98 Å². The minimum atomic E-state index is -4.54. The summed E-state index contributed by atoms with van der Waals surface area (Å²) in [6.07, 6.45) is 2.68. The number of nitrogens with zero attached hydrogens (tertiary/aromatic N) is 4. The number of aliphatic carboxylic acids is 1. The zero-order valence-electron chi connectivity index (χ0n) is 27.6. The molecule has 2 aliphatic heterocycles. The van der Waals surface area contributed by atoms with E-state index in [9.17, 15) is 23.1 Å². The molecule has 49 heavy (non-hydrogen) atoms. The molecule has 12 heteroatoms. The molecular weight excluding hydrogens is 635 g/mol. The maximum Gasteiger partial charge on any atom is 0.419 e. The summed E-state index contributed by atoms with van der Waals surface area (Å²) in [5, 5.41) is 13.7. The molecule has 2 N–H and O–H groups in total. The van der Waals surface area contributed by atoms with Crippen LogP contribution >= 0.6 is 0 Å². The quantitative estimate of drug-likeness (QED) is 0.150. The van der Waals surface area contributed by atoms with Crippen molar-refractivity contribution in [2.75, 3.05) is 51.3 Å². The molecule has 2 aromatic heterocycles. The number of aromatic nitrogens is 2. The second kappa shape index (κ2) is 15.5. The molecular formula is C37H42F3N5O4. The Kier molecular flexibility index (Phi) is 11.0. The molecule has 1 atom stereocenters. The number of nitrogens with one attached hydrogen (secondary N) is 1. The first kappa shape index (κ1) is 34.6. The van der Waals surface area contributed by atoms with Crippen molar-refractivity contribution >= 4 is 28.4 Å². The molecule has 4 heterocycles. The van der Waals surface area contributed by atoms with E-state index in [0.717, 1.165) is 79.3 Å². The fourth-order valence-electron chi connectivity index (χ4n) is 6.77. The van der Waals surface area contributed by atoms with Crippen LogP contribution in [0, 0.1) is 6.92 Å². The topological polar surface area (TPSA) is 100 Å². The molecule has 0 amide bonds. The normalized spacial score (nSPS) is 17.7. The van der Waals surface area contributed by atoms with Crippen LogP contribution in [-0.2, 0) is 22.3 Å². The summed E-state index contributed by atoms with van der Waals surface area (Å²) < 4.78 is 53.0. The summed E-state index contributed by atoms with van der Waals surface area (Å²) in [5.74, 6) is -0.404. The number of halogens is 3. The second-order valence-corrected chi connectivity index (χ2v) is 12.8. The van der Waals surface area contributed by atoms with Crippen LogP contribution in [0.4, 0.5) is 24.7 Å². The van der Waals surface area contributed by atoms with Gasteiger partial charge in [0.25, 0.3) is 0 Å². The third kappa shape index (κ3) is 8.67. The summed E-state index contributed by atoms with van der Waals surface area (Å²) >= 11 is 0. The summed E-state index contributed by atoms with van der Waals surface area (Å²) in [7, 11) is 0. The number of carbonyl (C=O) groups is 1. The van der Waals surface area contributed by atoms with Crippen LogP contribution in [0.1, 0.15) is 48.8 Å². The van der Waals surface area contributed by atoms with Crippen molar-refractivity contribution in [2.45, 2.75) is 57.8 Å². The zero-order valence-corrected chi connectivity index (χ0v) is 27.6. The number of benzene rings is 2. The number of anilines is 2.